The molecule has 28 heavy (non-hydrogen) atoms. The van der Waals surface area contributed by atoms with Crippen molar-refractivity contribution < 1.29 is 9.21 Å². The first-order valence-corrected chi connectivity index (χ1v) is 9.24. The highest BCUT2D eigenvalue weighted by Gasteiger charge is 2.13. The molecule has 0 bridgehead atoms. The van der Waals surface area contributed by atoms with E-state index in [0.29, 0.717) is 38.3 Å². The van der Waals surface area contributed by atoms with Gasteiger partial charge in [0, 0.05) is 16.1 Å². The normalized spacial score (nSPS) is 11.2. The molecule has 3 aromatic carbocycles. The molecule has 0 aliphatic heterocycles. The van der Waals surface area contributed by atoms with Crippen molar-refractivity contribution >= 4 is 52.0 Å². The van der Waals surface area contributed by atoms with Gasteiger partial charge in [0.05, 0.1) is 11.3 Å². The van der Waals surface area contributed by atoms with Crippen LogP contribution in [-0.4, -0.2) is 10.9 Å². The van der Waals surface area contributed by atoms with Crippen LogP contribution in [0.1, 0.15) is 5.56 Å². The number of anilines is 1. The monoisotopic (exact) mass is 408 g/mol. The van der Waals surface area contributed by atoms with Gasteiger partial charge in [-0.2, -0.15) is 0 Å². The maximum absolute atomic E-state index is 12.4. The molecule has 4 rings (SSSR count). The zero-order valence-corrected chi connectivity index (χ0v) is 16.0. The van der Waals surface area contributed by atoms with Crippen molar-refractivity contribution in [2.45, 2.75) is 0 Å². The van der Waals surface area contributed by atoms with E-state index in [1.807, 2.05) is 30.3 Å². The molecule has 4 aromatic rings. The second-order valence-electron chi connectivity index (χ2n) is 6.05. The summed E-state index contributed by atoms with van der Waals surface area (Å²) in [7, 11) is 0. The number of benzene rings is 3. The van der Waals surface area contributed by atoms with Gasteiger partial charge in [0.15, 0.2) is 5.58 Å². The highest BCUT2D eigenvalue weighted by Crippen LogP contribution is 2.31. The van der Waals surface area contributed by atoms with Crippen LogP contribution < -0.4 is 5.32 Å². The standard InChI is InChI=1S/C22H14Cl2N2O2/c23-15-8-5-14(6-9-15)7-12-21(27)25-18-4-2-1-3-17(18)22-26-19-13-16(24)10-11-20(19)28-22/h1-13H,(H,25,27). The summed E-state index contributed by atoms with van der Waals surface area (Å²) in [5, 5.41) is 4.10. The number of rotatable bonds is 4. The van der Waals surface area contributed by atoms with Crippen molar-refractivity contribution in [3.8, 4) is 11.5 Å². The van der Waals surface area contributed by atoms with E-state index >= 15 is 0 Å². The molecule has 0 aliphatic carbocycles. The molecule has 0 aliphatic rings. The summed E-state index contributed by atoms with van der Waals surface area (Å²) in [6.45, 7) is 0. The van der Waals surface area contributed by atoms with Crippen molar-refractivity contribution in [1.29, 1.82) is 0 Å². The van der Waals surface area contributed by atoms with Gasteiger partial charge in [0.25, 0.3) is 0 Å². The summed E-state index contributed by atoms with van der Waals surface area (Å²) in [6.07, 6.45) is 3.18. The van der Waals surface area contributed by atoms with Crippen LogP contribution in [0.5, 0.6) is 0 Å². The molecule has 0 spiro atoms. The van der Waals surface area contributed by atoms with Gasteiger partial charge in [-0.3, -0.25) is 4.79 Å². The zero-order chi connectivity index (χ0) is 19.5. The third-order valence-electron chi connectivity index (χ3n) is 4.06. The number of carbonyl (C=O) groups excluding carboxylic acids is 1. The summed E-state index contributed by atoms with van der Waals surface area (Å²) in [4.78, 5) is 16.8. The van der Waals surface area contributed by atoms with E-state index in [1.165, 1.54) is 6.08 Å². The van der Waals surface area contributed by atoms with Crippen LogP contribution in [0.25, 0.3) is 28.6 Å². The summed E-state index contributed by atoms with van der Waals surface area (Å²) in [6, 6.07) is 19.8. The maximum Gasteiger partial charge on any atom is 0.248 e. The quantitative estimate of drug-likeness (QED) is 0.394. The van der Waals surface area contributed by atoms with Crippen LogP contribution in [0, 0.1) is 0 Å². The summed E-state index contributed by atoms with van der Waals surface area (Å²) in [5.41, 5.74) is 3.45. The molecule has 138 valence electrons. The van der Waals surface area contributed by atoms with Gasteiger partial charge in [0.1, 0.15) is 5.52 Å². The number of para-hydroxylation sites is 1. The number of fused-ring (bicyclic) bond motifs is 1. The highest BCUT2D eigenvalue weighted by molar-refractivity contribution is 6.31. The average molecular weight is 409 g/mol. The molecular weight excluding hydrogens is 395 g/mol. The van der Waals surface area contributed by atoms with Gasteiger partial charge in [-0.25, -0.2) is 4.98 Å². The van der Waals surface area contributed by atoms with Gasteiger partial charge in [-0.1, -0.05) is 47.5 Å². The first-order chi connectivity index (χ1) is 13.6. The maximum atomic E-state index is 12.4. The van der Waals surface area contributed by atoms with Crippen LogP contribution in [0.4, 0.5) is 5.69 Å². The molecule has 4 nitrogen and oxygen atoms in total. The van der Waals surface area contributed by atoms with E-state index < -0.39 is 0 Å². The number of hydrogen-bond acceptors (Lipinski definition) is 3. The Hall–Kier alpha value is -3.08. The number of nitrogens with zero attached hydrogens (tertiary/aromatic N) is 1. The Kier molecular flexibility index (Phi) is 5.15. The number of nitrogens with one attached hydrogen (secondary N) is 1. The first kappa shape index (κ1) is 18.3. The van der Waals surface area contributed by atoms with E-state index in [2.05, 4.69) is 10.3 Å². The van der Waals surface area contributed by atoms with Gasteiger partial charge in [-0.15, -0.1) is 0 Å². The van der Waals surface area contributed by atoms with Crippen molar-refractivity contribution in [2.75, 3.05) is 5.32 Å². The van der Waals surface area contributed by atoms with Gasteiger partial charge in [-0.05, 0) is 54.1 Å². The van der Waals surface area contributed by atoms with Gasteiger partial charge >= 0.3 is 0 Å². The molecule has 1 amide bonds. The summed E-state index contributed by atoms with van der Waals surface area (Å²) >= 11 is 11.9. The molecule has 0 radical (unpaired) electrons. The fourth-order valence-electron chi connectivity index (χ4n) is 2.71. The van der Waals surface area contributed by atoms with Crippen molar-refractivity contribution in [1.82, 2.24) is 4.98 Å². The van der Waals surface area contributed by atoms with E-state index in [9.17, 15) is 4.79 Å². The van der Waals surface area contributed by atoms with Crippen LogP contribution in [0.3, 0.4) is 0 Å². The molecule has 0 fully saturated rings. The number of halogens is 2. The number of hydrogen-bond donors (Lipinski definition) is 1. The lowest BCUT2D eigenvalue weighted by Crippen LogP contribution is -2.08. The Bertz CT molecular complexity index is 1180. The lowest BCUT2D eigenvalue weighted by atomic mass is 10.1. The minimum Gasteiger partial charge on any atom is -0.436 e. The van der Waals surface area contributed by atoms with Crippen molar-refractivity contribution in [2.24, 2.45) is 0 Å². The molecule has 0 saturated heterocycles. The second-order valence-corrected chi connectivity index (χ2v) is 6.92. The number of aromatic nitrogens is 1. The molecule has 1 aromatic heterocycles. The number of oxazole rings is 1. The smallest absolute Gasteiger partial charge is 0.248 e. The van der Waals surface area contributed by atoms with E-state index in [4.69, 9.17) is 27.6 Å². The van der Waals surface area contributed by atoms with E-state index in [1.54, 1.807) is 42.5 Å². The minimum atomic E-state index is -0.262. The molecule has 0 atom stereocenters. The third kappa shape index (κ3) is 4.09. The van der Waals surface area contributed by atoms with Crippen LogP contribution in [-0.2, 0) is 4.79 Å². The van der Waals surface area contributed by atoms with Crippen molar-refractivity contribution in [3.05, 3.63) is 88.4 Å². The third-order valence-corrected chi connectivity index (χ3v) is 4.55. The Morgan fingerprint density at radius 3 is 2.54 bits per heavy atom. The number of carbonyl (C=O) groups is 1. The highest BCUT2D eigenvalue weighted by atomic mass is 35.5. The van der Waals surface area contributed by atoms with Crippen LogP contribution >= 0.6 is 23.2 Å². The van der Waals surface area contributed by atoms with Crippen molar-refractivity contribution in [3.63, 3.8) is 0 Å². The van der Waals surface area contributed by atoms with Gasteiger partial charge < -0.3 is 9.73 Å². The summed E-state index contributed by atoms with van der Waals surface area (Å²) < 4.78 is 5.82. The SMILES string of the molecule is O=C(C=Cc1ccc(Cl)cc1)Nc1ccccc1-c1nc2cc(Cl)ccc2o1. The number of amides is 1. The molecule has 1 N–H and O–H groups in total. The summed E-state index contributed by atoms with van der Waals surface area (Å²) in [5.74, 6) is 0.149. The Morgan fingerprint density at radius 2 is 1.71 bits per heavy atom. The molecule has 6 heteroatoms. The predicted molar refractivity (Wildman–Crippen MR) is 114 cm³/mol. The fraction of sp³-hybridized carbons (Fsp3) is 0. The predicted octanol–water partition coefficient (Wildman–Crippen LogP) is 6.45. The Morgan fingerprint density at radius 1 is 0.964 bits per heavy atom. The first-order valence-electron chi connectivity index (χ1n) is 8.48. The van der Waals surface area contributed by atoms with E-state index in [-0.39, 0.29) is 5.91 Å². The Balaban J connectivity index is 1.58. The largest absolute Gasteiger partial charge is 0.436 e. The lowest BCUT2D eigenvalue weighted by Gasteiger charge is -2.06. The van der Waals surface area contributed by atoms with Crippen LogP contribution in [0.2, 0.25) is 10.0 Å². The zero-order valence-electron chi connectivity index (χ0n) is 14.5. The molecule has 0 saturated carbocycles. The topological polar surface area (TPSA) is 55.1 Å². The average Bonchev–Trinajstić information content (AvgIpc) is 3.11. The van der Waals surface area contributed by atoms with Gasteiger partial charge in [0.2, 0.25) is 11.8 Å². The molecule has 1 heterocycles. The Labute approximate surface area is 171 Å². The fourth-order valence-corrected chi connectivity index (χ4v) is 3.01. The molecular formula is C22H14Cl2N2O2. The second kappa shape index (κ2) is 7.89. The molecule has 0 unspecified atom stereocenters. The lowest BCUT2D eigenvalue weighted by molar-refractivity contribution is -0.111. The van der Waals surface area contributed by atoms with Crippen LogP contribution in [0.15, 0.2) is 77.2 Å². The van der Waals surface area contributed by atoms with E-state index in [0.717, 1.165) is 5.56 Å². The minimum absolute atomic E-state index is 0.262.